The third-order valence-electron chi connectivity index (χ3n) is 3.06. The van der Waals surface area contributed by atoms with Gasteiger partial charge in [-0.3, -0.25) is 4.55 Å². The largest absolute Gasteiger partial charge is 0.573 e. The molecule has 0 radical (unpaired) electrons. The first-order chi connectivity index (χ1) is 11.6. The lowest BCUT2D eigenvalue weighted by molar-refractivity contribution is -0.274. The Hall–Kier alpha value is -2.01. The number of alkyl halides is 3. The maximum Gasteiger partial charge on any atom is 0.573 e. The summed E-state index contributed by atoms with van der Waals surface area (Å²) in [6.07, 6.45) is -5.94. The van der Waals surface area contributed by atoms with Crippen LogP contribution in [0.3, 0.4) is 0 Å². The molecule has 0 aliphatic heterocycles. The molecule has 2 N–H and O–H groups in total. The van der Waals surface area contributed by atoms with Crippen LogP contribution < -0.4 is 10.1 Å². The van der Waals surface area contributed by atoms with Gasteiger partial charge in [0.1, 0.15) is 16.6 Å². The molecule has 0 aliphatic carbocycles. The molecular weight excluding hydrogens is 379 g/mol. The predicted octanol–water partition coefficient (Wildman–Crippen LogP) is 3.43. The van der Waals surface area contributed by atoms with E-state index in [-0.39, 0.29) is 5.56 Å². The second-order valence-corrected chi connectivity index (χ2v) is 8.24. The molecule has 2 atom stereocenters. The highest BCUT2D eigenvalue weighted by Gasteiger charge is 2.34. The van der Waals surface area contributed by atoms with Crippen molar-refractivity contribution in [3.05, 3.63) is 29.8 Å². The first kappa shape index (κ1) is 22.0. The summed E-state index contributed by atoms with van der Waals surface area (Å²) in [4.78, 5) is 12.0. The molecule has 0 aromatic heterocycles. The fourth-order valence-corrected chi connectivity index (χ4v) is 2.55. The van der Waals surface area contributed by atoms with Crippen LogP contribution in [-0.4, -0.2) is 36.3 Å². The van der Waals surface area contributed by atoms with Crippen LogP contribution in [0.15, 0.2) is 24.3 Å². The molecule has 7 nitrogen and oxygen atoms in total. The number of alkyl carbamates (subject to hydrolysis) is 1. The number of rotatable bonds is 5. The standard InChI is InChI=1S/C15H20F3NO6S/c1-9(26(21,22)23)12(19-13(20)25-14(2,3)4)10-6-5-7-11(8-10)24-15(16,17)18/h5-9,12H,1-4H3,(H,19,20)(H,21,22,23)/t9-,12+/m1/s1. The quantitative estimate of drug-likeness (QED) is 0.736. The topological polar surface area (TPSA) is 102 Å². The molecule has 0 saturated heterocycles. The Morgan fingerprint density at radius 3 is 2.27 bits per heavy atom. The van der Waals surface area contributed by atoms with Crippen LogP contribution in [0.1, 0.15) is 39.3 Å². The third kappa shape index (κ3) is 7.48. The number of carbonyl (C=O) groups excluding carboxylic acids is 1. The monoisotopic (exact) mass is 399 g/mol. The van der Waals surface area contributed by atoms with Crippen molar-refractivity contribution in [2.45, 2.75) is 51.0 Å². The maximum absolute atomic E-state index is 12.4. The Balaban J connectivity index is 3.21. The predicted molar refractivity (Wildman–Crippen MR) is 86.2 cm³/mol. The van der Waals surface area contributed by atoms with Crippen LogP contribution >= 0.6 is 0 Å². The van der Waals surface area contributed by atoms with Crippen LogP contribution in [0.4, 0.5) is 18.0 Å². The highest BCUT2D eigenvalue weighted by Crippen LogP contribution is 2.28. The zero-order valence-electron chi connectivity index (χ0n) is 14.5. The van der Waals surface area contributed by atoms with E-state index in [0.717, 1.165) is 19.1 Å². The molecule has 26 heavy (non-hydrogen) atoms. The summed E-state index contributed by atoms with van der Waals surface area (Å²) in [5.74, 6) is -0.603. The van der Waals surface area contributed by atoms with Crippen LogP contribution in [0, 0.1) is 0 Å². The minimum atomic E-state index is -4.94. The normalized spacial score (nSPS) is 15.1. The molecule has 1 rings (SSSR count). The Bertz CT molecular complexity index is 742. The lowest BCUT2D eigenvalue weighted by atomic mass is 10.0. The molecule has 0 aliphatic rings. The first-order valence-electron chi connectivity index (χ1n) is 7.40. The van der Waals surface area contributed by atoms with Crippen LogP contribution in [0.5, 0.6) is 5.75 Å². The summed E-state index contributed by atoms with van der Waals surface area (Å²) < 4.78 is 78.2. The van der Waals surface area contributed by atoms with Crippen molar-refractivity contribution >= 4 is 16.2 Å². The van der Waals surface area contributed by atoms with E-state index in [1.165, 1.54) is 12.1 Å². The second-order valence-electron chi connectivity index (χ2n) is 6.46. The van der Waals surface area contributed by atoms with Gasteiger partial charge in [0, 0.05) is 0 Å². The van der Waals surface area contributed by atoms with E-state index in [1.807, 2.05) is 0 Å². The van der Waals surface area contributed by atoms with Crippen molar-refractivity contribution in [2.75, 3.05) is 0 Å². The van der Waals surface area contributed by atoms with E-state index in [4.69, 9.17) is 4.74 Å². The SMILES string of the molecule is C[C@H]([C@H](NC(=O)OC(C)(C)C)c1cccc(OC(F)(F)F)c1)S(=O)(=O)O. The maximum atomic E-state index is 12.4. The fraction of sp³-hybridized carbons (Fsp3) is 0.533. The average Bonchev–Trinajstić information content (AvgIpc) is 2.39. The molecule has 11 heteroatoms. The van der Waals surface area contributed by atoms with Crippen molar-refractivity contribution in [2.24, 2.45) is 0 Å². The molecular formula is C15H20F3NO6S. The number of hydrogen-bond acceptors (Lipinski definition) is 5. The molecule has 1 aromatic rings. The van der Waals surface area contributed by atoms with E-state index < -0.39 is 45.2 Å². The molecule has 148 valence electrons. The highest BCUT2D eigenvalue weighted by atomic mass is 32.2. The summed E-state index contributed by atoms with van der Waals surface area (Å²) >= 11 is 0. The number of ether oxygens (including phenoxy) is 2. The Kier molecular flexibility index (Phi) is 6.53. The van der Waals surface area contributed by atoms with Crippen molar-refractivity contribution in [1.82, 2.24) is 5.32 Å². The highest BCUT2D eigenvalue weighted by molar-refractivity contribution is 7.86. The molecule has 0 unspecified atom stereocenters. The number of amides is 1. The van der Waals surface area contributed by atoms with Gasteiger partial charge >= 0.3 is 12.5 Å². The molecule has 0 bridgehead atoms. The molecule has 0 fully saturated rings. The van der Waals surface area contributed by atoms with Crippen LogP contribution in [-0.2, 0) is 14.9 Å². The summed E-state index contributed by atoms with van der Waals surface area (Å²) in [6.45, 7) is 5.82. The molecule has 1 amide bonds. The summed E-state index contributed by atoms with van der Waals surface area (Å²) in [5.41, 5.74) is -0.917. The van der Waals surface area contributed by atoms with Gasteiger partial charge < -0.3 is 14.8 Å². The first-order valence-corrected chi connectivity index (χ1v) is 8.90. The van der Waals surface area contributed by atoms with Gasteiger partial charge in [0.05, 0.1) is 6.04 Å². The van der Waals surface area contributed by atoms with E-state index in [1.54, 1.807) is 20.8 Å². The zero-order chi connectivity index (χ0) is 20.3. The summed E-state index contributed by atoms with van der Waals surface area (Å²) in [7, 11) is -4.62. The zero-order valence-corrected chi connectivity index (χ0v) is 15.3. The Morgan fingerprint density at radius 1 is 1.23 bits per heavy atom. The number of carbonyl (C=O) groups is 1. The molecule has 0 saturated carbocycles. The third-order valence-corrected chi connectivity index (χ3v) is 4.27. The fourth-order valence-electron chi connectivity index (χ4n) is 1.98. The number of benzene rings is 1. The summed E-state index contributed by atoms with van der Waals surface area (Å²) in [5, 5.41) is 0.690. The van der Waals surface area contributed by atoms with Gasteiger partial charge in [0.2, 0.25) is 0 Å². The van der Waals surface area contributed by atoms with E-state index >= 15 is 0 Å². The number of hydrogen-bond donors (Lipinski definition) is 2. The van der Waals surface area contributed by atoms with Gasteiger partial charge in [-0.05, 0) is 45.4 Å². The van der Waals surface area contributed by atoms with E-state index in [9.17, 15) is 30.9 Å². The van der Waals surface area contributed by atoms with Crippen molar-refractivity contribution in [1.29, 1.82) is 0 Å². The van der Waals surface area contributed by atoms with Crippen molar-refractivity contribution in [3.8, 4) is 5.75 Å². The van der Waals surface area contributed by atoms with Gasteiger partial charge in [0.25, 0.3) is 10.1 Å². The lowest BCUT2D eigenvalue weighted by Crippen LogP contribution is -2.41. The minimum Gasteiger partial charge on any atom is -0.444 e. The van der Waals surface area contributed by atoms with E-state index in [0.29, 0.717) is 0 Å². The van der Waals surface area contributed by atoms with Crippen LogP contribution in [0.2, 0.25) is 0 Å². The average molecular weight is 399 g/mol. The van der Waals surface area contributed by atoms with Gasteiger partial charge in [-0.1, -0.05) is 12.1 Å². The Labute approximate surface area is 149 Å². The number of halogens is 3. The van der Waals surface area contributed by atoms with Crippen molar-refractivity contribution < 1.29 is 40.4 Å². The second kappa shape index (κ2) is 7.70. The minimum absolute atomic E-state index is 0.0252. The molecule has 1 aromatic carbocycles. The van der Waals surface area contributed by atoms with Gasteiger partial charge in [-0.25, -0.2) is 4.79 Å². The van der Waals surface area contributed by atoms with E-state index in [2.05, 4.69) is 10.1 Å². The van der Waals surface area contributed by atoms with Gasteiger partial charge in [-0.15, -0.1) is 13.2 Å². The van der Waals surface area contributed by atoms with Crippen LogP contribution in [0.25, 0.3) is 0 Å². The number of nitrogens with one attached hydrogen (secondary N) is 1. The Morgan fingerprint density at radius 2 is 1.81 bits per heavy atom. The van der Waals surface area contributed by atoms with Gasteiger partial charge in [-0.2, -0.15) is 8.42 Å². The molecule has 0 spiro atoms. The van der Waals surface area contributed by atoms with Crippen molar-refractivity contribution in [3.63, 3.8) is 0 Å². The van der Waals surface area contributed by atoms with Gasteiger partial charge in [0.15, 0.2) is 0 Å². The molecule has 0 heterocycles. The smallest absolute Gasteiger partial charge is 0.444 e. The summed E-state index contributed by atoms with van der Waals surface area (Å²) in [6, 6.07) is 3.03. The lowest BCUT2D eigenvalue weighted by Gasteiger charge is -2.26.